The number of methoxy groups -OCH3 is 1. The Morgan fingerprint density at radius 1 is 0.921 bits per heavy atom. The average molecular weight is 537 g/mol. The molecular formula is C31H37ClN2O4. The fourth-order valence-electron chi connectivity index (χ4n) is 4.16. The highest BCUT2D eigenvalue weighted by atomic mass is 35.5. The Morgan fingerprint density at radius 2 is 1.58 bits per heavy atom. The number of carbonyl (C=O) groups is 2. The lowest BCUT2D eigenvalue weighted by Gasteiger charge is -2.32. The third-order valence-electron chi connectivity index (χ3n) is 6.21. The van der Waals surface area contributed by atoms with E-state index in [4.69, 9.17) is 21.1 Å². The summed E-state index contributed by atoms with van der Waals surface area (Å²) < 4.78 is 11.3. The molecule has 0 unspecified atom stereocenters. The molecule has 0 aliphatic rings. The first-order valence-electron chi connectivity index (χ1n) is 12.8. The number of ether oxygens (including phenoxy) is 2. The van der Waals surface area contributed by atoms with E-state index in [1.54, 1.807) is 12.0 Å². The zero-order valence-corrected chi connectivity index (χ0v) is 23.5. The molecule has 0 fully saturated rings. The van der Waals surface area contributed by atoms with Crippen molar-refractivity contribution in [3.05, 3.63) is 94.0 Å². The van der Waals surface area contributed by atoms with E-state index in [1.807, 2.05) is 94.4 Å². The quantitative estimate of drug-likeness (QED) is 0.320. The molecule has 0 aliphatic heterocycles. The molecule has 0 aromatic heterocycles. The molecule has 1 N–H and O–H groups in total. The summed E-state index contributed by atoms with van der Waals surface area (Å²) in [4.78, 5) is 28.9. The Bertz CT molecular complexity index is 1210. The Labute approximate surface area is 230 Å². The van der Waals surface area contributed by atoms with E-state index in [0.717, 1.165) is 22.3 Å². The molecule has 0 heterocycles. The SMILES string of the molecule is COc1cccc(CN(C(=O)COc2cc(C)c(Cl)c(C)c2)[C@H](Cc2ccccc2)C(=O)NCC(C)C)c1. The van der Waals surface area contributed by atoms with Crippen molar-refractivity contribution >= 4 is 23.4 Å². The molecule has 38 heavy (non-hydrogen) atoms. The first-order chi connectivity index (χ1) is 18.2. The Morgan fingerprint density at radius 3 is 2.21 bits per heavy atom. The summed E-state index contributed by atoms with van der Waals surface area (Å²) in [5, 5.41) is 3.70. The second-order valence-corrected chi connectivity index (χ2v) is 10.3. The summed E-state index contributed by atoms with van der Waals surface area (Å²) in [6.07, 6.45) is 0.375. The maximum absolute atomic E-state index is 13.8. The van der Waals surface area contributed by atoms with Crippen LogP contribution < -0.4 is 14.8 Å². The molecule has 0 bridgehead atoms. The summed E-state index contributed by atoms with van der Waals surface area (Å²) in [5.41, 5.74) is 3.56. The van der Waals surface area contributed by atoms with E-state index < -0.39 is 6.04 Å². The van der Waals surface area contributed by atoms with Crippen molar-refractivity contribution in [3.63, 3.8) is 0 Å². The molecule has 0 saturated carbocycles. The van der Waals surface area contributed by atoms with Gasteiger partial charge in [-0.3, -0.25) is 9.59 Å². The van der Waals surface area contributed by atoms with Crippen LogP contribution >= 0.6 is 11.6 Å². The first kappa shape index (κ1) is 29.1. The van der Waals surface area contributed by atoms with E-state index in [-0.39, 0.29) is 30.9 Å². The number of hydrogen-bond donors (Lipinski definition) is 1. The number of aryl methyl sites for hydroxylation is 2. The van der Waals surface area contributed by atoms with Gasteiger partial charge < -0.3 is 19.7 Å². The van der Waals surface area contributed by atoms with Gasteiger partial charge in [0.2, 0.25) is 5.91 Å². The topological polar surface area (TPSA) is 67.9 Å². The Kier molecular flexibility index (Phi) is 10.6. The second-order valence-electron chi connectivity index (χ2n) is 9.88. The fraction of sp³-hybridized carbons (Fsp3) is 0.355. The lowest BCUT2D eigenvalue weighted by atomic mass is 10.0. The van der Waals surface area contributed by atoms with Crippen LogP contribution in [0.1, 0.15) is 36.1 Å². The molecule has 3 rings (SSSR count). The van der Waals surface area contributed by atoms with Crippen molar-refractivity contribution in [2.45, 2.75) is 46.7 Å². The first-order valence-corrected chi connectivity index (χ1v) is 13.2. The number of amides is 2. The van der Waals surface area contributed by atoms with Gasteiger partial charge in [-0.05, 0) is 66.3 Å². The van der Waals surface area contributed by atoms with Crippen molar-refractivity contribution in [2.75, 3.05) is 20.3 Å². The molecule has 0 radical (unpaired) electrons. The van der Waals surface area contributed by atoms with Gasteiger partial charge in [0.05, 0.1) is 7.11 Å². The number of hydrogen-bond acceptors (Lipinski definition) is 4. The van der Waals surface area contributed by atoms with Crippen LogP contribution in [0.3, 0.4) is 0 Å². The maximum atomic E-state index is 13.8. The normalized spacial score (nSPS) is 11.7. The van der Waals surface area contributed by atoms with E-state index in [9.17, 15) is 9.59 Å². The van der Waals surface area contributed by atoms with Gasteiger partial charge in [-0.1, -0.05) is 67.9 Å². The average Bonchev–Trinajstić information content (AvgIpc) is 2.91. The molecule has 0 aliphatic carbocycles. The van der Waals surface area contributed by atoms with Crippen molar-refractivity contribution in [1.29, 1.82) is 0 Å². The van der Waals surface area contributed by atoms with Crippen LogP contribution in [0.2, 0.25) is 5.02 Å². The van der Waals surface area contributed by atoms with E-state index in [0.29, 0.717) is 29.5 Å². The van der Waals surface area contributed by atoms with E-state index in [2.05, 4.69) is 5.32 Å². The number of halogens is 1. The number of carbonyl (C=O) groups excluding carboxylic acids is 2. The largest absolute Gasteiger partial charge is 0.497 e. The maximum Gasteiger partial charge on any atom is 0.261 e. The van der Waals surface area contributed by atoms with Gasteiger partial charge in [0.25, 0.3) is 5.91 Å². The molecule has 0 saturated heterocycles. The van der Waals surface area contributed by atoms with Crippen molar-refractivity contribution < 1.29 is 19.1 Å². The minimum Gasteiger partial charge on any atom is -0.497 e. The highest BCUT2D eigenvalue weighted by Crippen LogP contribution is 2.26. The van der Waals surface area contributed by atoms with Crippen LogP contribution in [0.25, 0.3) is 0 Å². The minimum absolute atomic E-state index is 0.197. The van der Waals surface area contributed by atoms with Gasteiger partial charge in [0.15, 0.2) is 6.61 Å². The van der Waals surface area contributed by atoms with Gasteiger partial charge >= 0.3 is 0 Å². The summed E-state index contributed by atoms with van der Waals surface area (Å²) in [6.45, 7) is 8.40. The van der Waals surface area contributed by atoms with Crippen LogP contribution in [-0.2, 0) is 22.6 Å². The van der Waals surface area contributed by atoms with Gasteiger partial charge in [0, 0.05) is 24.5 Å². The summed E-state index contributed by atoms with van der Waals surface area (Å²) in [7, 11) is 1.60. The summed E-state index contributed by atoms with van der Waals surface area (Å²) in [6, 6.07) is 20.1. The van der Waals surface area contributed by atoms with Crippen molar-refractivity contribution in [1.82, 2.24) is 10.2 Å². The molecule has 1 atom stereocenters. The van der Waals surface area contributed by atoms with Crippen molar-refractivity contribution in [3.8, 4) is 11.5 Å². The number of nitrogens with one attached hydrogen (secondary N) is 1. The smallest absolute Gasteiger partial charge is 0.261 e. The molecule has 202 valence electrons. The third-order valence-corrected chi connectivity index (χ3v) is 6.81. The standard InChI is InChI=1S/C31H37ClN2O4/c1-21(2)18-33-31(36)28(17-24-10-7-6-8-11-24)34(19-25-12-9-13-26(16-25)37-5)29(35)20-38-27-14-22(3)30(32)23(4)15-27/h6-16,21,28H,17-20H2,1-5H3,(H,33,36)/t28-/m1/s1. The van der Waals surface area contributed by atoms with E-state index in [1.165, 1.54) is 0 Å². The van der Waals surface area contributed by atoms with E-state index >= 15 is 0 Å². The zero-order valence-electron chi connectivity index (χ0n) is 22.8. The van der Waals surface area contributed by atoms with Crippen LogP contribution in [0.15, 0.2) is 66.7 Å². The van der Waals surface area contributed by atoms with Crippen LogP contribution in [0.5, 0.6) is 11.5 Å². The minimum atomic E-state index is -0.729. The molecule has 7 heteroatoms. The summed E-state index contributed by atoms with van der Waals surface area (Å²) in [5.74, 6) is 1.03. The fourth-order valence-corrected chi connectivity index (χ4v) is 4.27. The predicted molar refractivity (Wildman–Crippen MR) is 152 cm³/mol. The van der Waals surface area contributed by atoms with Gasteiger partial charge in [-0.2, -0.15) is 0 Å². The van der Waals surface area contributed by atoms with Crippen LogP contribution in [-0.4, -0.2) is 43.0 Å². The van der Waals surface area contributed by atoms with Gasteiger partial charge in [0.1, 0.15) is 17.5 Å². The number of rotatable bonds is 12. The lowest BCUT2D eigenvalue weighted by Crippen LogP contribution is -2.52. The Hall–Kier alpha value is -3.51. The second kappa shape index (κ2) is 13.9. The molecule has 6 nitrogen and oxygen atoms in total. The van der Waals surface area contributed by atoms with Crippen LogP contribution in [0, 0.1) is 19.8 Å². The highest BCUT2D eigenvalue weighted by Gasteiger charge is 2.31. The zero-order chi connectivity index (χ0) is 27.7. The highest BCUT2D eigenvalue weighted by molar-refractivity contribution is 6.32. The lowest BCUT2D eigenvalue weighted by molar-refractivity contribution is -0.142. The number of nitrogens with zero attached hydrogens (tertiary/aromatic N) is 1. The Balaban J connectivity index is 1.93. The molecule has 3 aromatic rings. The molecule has 0 spiro atoms. The predicted octanol–water partition coefficient (Wildman–Crippen LogP) is 5.76. The van der Waals surface area contributed by atoms with Crippen LogP contribution in [0.4, 0.5) is 0 Å². The monoisotopic (exact) mass is 536 g/mol. The summed E-state index contributed by atoms with van der Waals surface area (Å²) >= 11 is 6.30. The van der Waals surface area contributed by atoms with Crippen molar-refractivity contribution in [2.24, 2.45) is 5.92 Å². The number of benzene rings is 3. The van der Waals surface area contributed by atoms with Gasteiger partial charge in [-0.15, -0.1) is 0 Å². The van der Waals surface area contributed by atoms with Gasteiger partial charge in [-0.25, -0.2) is 0 Å². The molecule has 2 amide bonds. The molecule has 3 aromatic carbocycles. The third kappa shape index (κ3) is 8.25. The molecular weight excluding hydrogens is 500 g/mol.